The lowest BCUT2D eigenvalue weighted by atomic mass is 10.1. The van der Waals surface area contributed by atoms with Gasteiger partial charge in [0.1, 0.15) is 0 Å². The second-order valence-corrected chi connectivity index (χ2v) is 2.61. The summed E-state index contributed by atoms with van der Waals surface area (Å²) in [6.07, 6.45) is 9.96. The Bertz CT molecular complexity index is 96.6. The van der Waals surface area contributed by atoms with Crippen LogP contribution >= 0.6 is 0 Å². The second kappa shape index (κ2) is 8.52. The van der Waals surface area contributed by atoms with E-state index in [1.165, 1.54) is 32.1 Å². The quantitative estimate of drug-likeness (QED) is 0.388. The maximum atomic E-state index is 3.51. The number of allylic oxidation sites excluding steroid dienone is 1. The normalized spacial score (nSPS) is 8.90. The molecule has 0 heteroatoms. The molecule has 0 radical (unpaired) electrons. The fourth-order valence-electron chi connectivity index (χ4n) is 0.952. The topological polar surface area (TPSA) is 0 Å². The van der Waals surface area contributed by atoms with E-state index in [1.54, 1.807) is 0 Å². The molecule has 58 valence electrons. The van der Waals surface area contributed by atoms with E-state index in [4.69, 9.17) is 0 Å². The molecule has 0 aromatic carbocycles. The summed E-state index contributed by atoms with van der Waals surface area (Å²) >= 11 is 0. The van der Waals surface area contributed by atoms with Crippen molar-refractivity contribution in [1.29, 1.82) is 0 Å². The Morgan fingerprint density at radius 2 is 1.90 bits per heavy atom. The molecular weight excluding hydrogens is 120 g/mol. The molecule has 0 aromatic rings. The van der Waals surface area contributed by atoms with E-state index in [0.717, 1.165) is 6.42 Å². The molecule has 0 N–H and O–H groups in total. The summed E-state index contributed by atoms with van der Waals surface area (Å²) in [6, 6.07) is 0. The van der Waals surface area contributed by atoms with E-state index in [-0.39, 0.29) is 0 Å². The first-order chi connectivity index (χ1) is 4.91. The predicted molar refractivity (Wildman–Crippen MR) is 47.1 cm³/mol. The van der Waals surface area contributed by atoms with E-state index in [9.17, 15) is 0 Å². The fourth-order valence-corrected chi connectivity index (χ4v) is 0.952. The highest BCUT2D eigenvalue weighted by molar-refractivity contribution is 4.74. The van der Waals surface area contributed by atoms with E-state index in [2.05, 4.69) is 19.2 Å². The summed E-state index contributed by atoms with van der Waals surface area (Å²) < 4.78 is 0. The summed E-state index contributed by atoms with van der Waals surface area (Å²) in [7, 11) is 0. The van der Waals surface area contributed by atoms with Crippen LogP contribution in [0.5, 0.6) is 0 Å². The van der Waals surface area contributed by atoms with Crippen molar-refractivity contribution < 1.29 is 0 Å². The minimum Gasteiger partial charge on any atom is -0.133 e. The van der Waals surface area contributed by atoms with Crippen LogP contribution in [0.25, 0.3) is 0 Å². The molecule has 0 heterocycles. The standard InChI is InChI=1S/C10H18/c1-3-5-7-9-10-8-6-4-2/h5H,1,4,6-10H2,2H3. The first-order valence-electron chi connectivity index (χ1n) is 4.26. The molecular formula is C10H18. The van der Waals surface area contributed by atoms with Crippen molar-refractivity contribution >= 4 is 0 Å². The first kappa shape index (κ1) is 9.52. The van der Waals surface area contributed by atoms with Gasteiger partial charge in [-0.3, -0.25) is 0 Å². The van der Waals surface area contributed by atoms with E-state index in [0.29, 0.717) is 0 Å². The average Bonchev–Trinajstić information content (AvgIpc) is 1.97. The number of rotatable bonds is 6. The van der Waals surface area contributed by atoms with Crippen molar-refractivity contribution in [3.05, 3.63) is 18.4 Å². The molecule has 0 spiro atoms. The third-order valence-corrected chi connectivity index (χ3v) is 1.60. The van der Waals surface area contributed by atoms with E-state index >= 15 is 0 Å². The Morgan fingerprint density at radius 1 is 1.20 bits per heavy atom. The van der Waals surface area contributed by atoms with Crippen LogP contribution in [0.2, 0.25) is 0 Å². The zero-order valence-corrected chi connectivity index (χ0v) is 7.03. The van der Waals surface area contributed by atoms with E-state index in [1.807, 2.05) is 6.08 Å². The molecule has 0 aliphatic rings. The van der Waals surface area contributed by atoms with Gasteiger partial charge in [-0.2, -0.15) is 0 Å². The summed E-state index contributed by atoms with van der Waals surface area (Å²) in [4.78, 5) is 0. The molecule has 0 atom stereocenters. The number of unbranched alkanes of at least 4 members (excludes halogenated alkanes) is 5. The fraction of sp³-hybridized carbons (Fsp3) is 0.700. The number of hydrogen-bond acceptors (Lipinski definition) is 0. The van der Waals surface area contributed by atoms with Crippen LogP contribution in [-0.2, 0) is 0 Å². The molecule has 0 bridgehead atoms. The molecule has 0 aliphatic carbocycles. The highest BCUT2D eigenvalue weighted by Crippen LogP contribution is 2.04. The largest absolute Gasteiger partial charge is 0.133 e. The third kappa shape index (κ3) is 7.52. The zero-order valence-electron chi connectivity index (χ0n) is 7.03. The summed E-state index contributed by atoms with van der Waals surface area (Å²) in [5.74, 6) is 0. The average molecular weight is 138 g/mol. The Balaban J connectivity index is 2.83. The smallest absolute Gasteiger partial charge is 0.0275 e. The molecule has 0 aromatic heterocycles. The van der Waals surface area contributed by atoms with Crippen molar-refractivity contribution in [3.8, 4) is 0 Å². The van der Waals surface area contributed by atoms with Gasteiger partial charge in [-0.25, -0.2) is 0 Å². The van der Waals surface area contributed by atoms with Crippen molar-refractivity contribution in [2.75, 3.05) is 0 Å². The van der Waals surface area contributed by atoms with Gasteiger partial charge < -0.3 is 0 Å². The van der Waals surface area contributed by atoms with Gasteiger partial charge in [0.05, 0.1) is 0 Å². The van der Waals surface area contributed by atoms with E-state index < -0.39 is 0 Å². The molecule has 0 amide bonds. The second-order valence-electron chi connectivity index (χ2n) is 2.61. The molecule has 10 heavy (non-hydrogen) atoms. The summed E-state index contributed by atoms with van der Waals surface area (Å²) in [6.45, 7) is 5.75. The molecule has 0 saturated heterocycles. The van der Waals surface area contributed by atoms with Crippen LogP contribution in [-0.4, -0.2) is 0 Å². The lowest BCUT2D eigenvalue weighted by Gasteiger charge is -1.94. The van der Waals surface area contributed by atoms with Crippen molar-refractivity contribution in [2.24, 2.45) is 0 Å². The van der Waals surface area contributed by atoms with Gasteiger partial charge in [0.25, 0.3) is 0 Å². The first-order valence-corrected chi connectivity index (χ1v) is 4.26. The molecule has 0 rings (SSSR count). The van der Waals surface area contributed by atoms with Gasteiger partial charge >= 0.3 is 0 Å². The minimum atomic E-state index is 1.16. The Kier molecular flexibility index (Phi) is 8.11. The zero-order chi connectivity index (χ0) is 7.66. The van der Waals surface area contributed by atoms with Gasteiger partial charge in [-0.15, -0.1) is 5.73 Å². The minimum absolute atomic E-state index is 1.16. The van der Waals surface area contributed by atoms with Gasteiger partial charge in [0.2, 0.25) is 0 Å². The molecule has 0 saturated carbocycles. The molecule has 0 nitrogen and oxygen atoms in total. The SMILES string of the molecule is C=C=CCCCCCCC. The van der Waals surface area contributed by atoms with Crippen LogP contribution in [0.15, 0.2) is 18.4 Å². The lowest BCUT2D eigenvalue weighted by molar-refractivity contribution is 0.637. The van der Waals surface area contributed by atoms with Crippen LogP contribution in [0.1, 0.15) is 45.4 Å². The van der Waals surface area contributed by atoms with Crippen LogP contribution in [0, 0.1) is 0 Å². The Labute approximate surface area is 64.6 Å². The van der Waals surface area contributed by atoms with Crippen molar-refractivity contribution in [2.45, 2.75) is 45.4 Å². The highest BCUT2D eigenvalue weighted by Gasteiger charge is 1.84. The number of hydrogen-bond donors (Lipinski definition) is 0. The molecule has 0 fully saturated rings. The van der Waals surface area contributed by atoms with Crippen molar-refractivity contribution in [1.82, 2.24) is 0 Å². The third-order valence-electron chi connectivity index (χ3n) is 1.60. The monoisotopic (exact) mass is 138 g/mol. The molecule has 0 aliphatic heterocycles. The van der Waals surface area contributed by atoms with Gasteiger partial charge in [0.15, 0.2) is 0 Å². The van der Waals surface area contributed by atoms with Crippen LogP contribution in [0.4, 0.5) is 0 Å². The van der Waals surface area contributed by atoms with Crippen LogP contribution < -0.4 is 0 Å². The van der Waals surface area contributed by atoms with Crippen molar-refractivity contribution in [3.63, 3.8) is 0 Å². The summed E-state index contributed by atoms with van der Waals surface area (Å²) in [5.41, 5.74) is 2.78. The Morgan fingerprint density at radius 3 is 2.50 bits per heavy atom. The lowest BCUT2D eigenvalue weighted by Crippen LogP contribution is -1.74. The highest BCUT2D eigenvalue weighted by atomic mass is 13.9. The maximum Gasteiger partial charge on any atom is -0.0275 e. The van der Waals surface area contributed by atoms with Gasteiger partial charge in [-0.05, 0) is 18.9 Å². The predicted octanol–water partition coefficient (Wildman–Crippen LogP) is 3.69. The Hall–Kier alpha value is -0.480. The summed E-state index contributed by atoms with van der Waals surface area (Å²) in [5, 5.41) is 0. The molecule has 0 unspecified atom stereocenters. The van der Waals surface area contributed by atoms with Gasteiger partial charge in [0, 0.05) is 0 Å². The van der Waals surface area contributed by atoms with Crippen LogP contribution in [0.3, 0.4) is 0 Å². The maximum absolute atomic E-state index is 3.51. The van der Waals surface area contributed by atoms with Gasteiger partial charge in [-0.1, -0.05) is 39.2 Å².